The highest BCUT2D eigenvalue weighted by molar-refractivity contribution is 6.04. The molecule has 0 bridgehead atoms. The first-order valence-corrected chi connectivity index (χ1v) is 21.2. The second kappa shape index (κ2) is 15.5. The summed E-state index contributed by atoms with van der Waals surface area (Å²) in [5, 5.41) is 2.72. The fourth-order valence-corrected chi connectivity index (χ4v) is 9.91. The number of rotatable bonds is 8. The van der Waals surface area contributed by atoms with E-state index in [0.29, 0.717) is 5.92 Å². The molecule has 0 saturated heterocycles. The predicted octanol–water partition coefficient (Wildman–Crippen LogP) is 15.9. The molecule has 0 amide bonds. The van der Waals surface area contributed by atoms with Crippen molar-refractivity contribution >= 4 is 22.1 Å². The summed E-state index contributed by atoms with van der Waals surface area (Å²) >= 11 is 0. The number of nitrogens with zero attached hydrogens (tertiary/aromatic N) is 1. The minimum atomic E-state index is -0.0682. The average molecular weight is 748 g/mol. The summed E-state index contributed by atoms with van der Waals surface area (Å²) in [6, 6.07) is 60.7. The van der Waals surface area contributed by atoms with E-state index in [-0.39, 0.29) is 11.3 Å². The highest BCUT2D eigenvalue weighted by Crippen LogP contribution is 2.50. The van der Waals surface area contributed by atoms with Crippen LogP contribution in [-0.2, 0) is 0 Å². The van der Waals surface area contributed by atoms with Gasteiger partial charge in [-0.3, -0.25) is 0 Å². The number of fused-ring (bicyclic) bond motifs is 2. The van der Waals surface area contributed by atoms with Crippen molar-refractivity contribution in [2.45, 2.75) is 44.9 Å². The van der Waals surface area contributed by atoms with Crippen LogP contribution < -0.4 is 4.90 Å². The van der Waals surface area contributed by atoms with Gasteiger partial charge in [0.05, 0.1) is 11.4 Å². The highest BCUT2D eigenvalue weighted by atomic mass is 15.2. The minimum absolute atomic E-state index is 0.0682. The van der Waals surface area contributed by atoms with Gasteiger partial charge in [-0.25, -0.2) is 0 Å². The molecule has 0 aliphatic heterocycles. The Balaban J connectivity index is 1.20. The van der Waals surface area contributed by atoms with E-state index in [9.17, 15) is 0 Å². The first kappa shape index (κ1) is 35.9. The van der Waals surface area contributed by atoms with E-state index in [2.05, 4.69) is 218 Å². The van der Waals surface area contributed by atoms with Crippen molar-refractivity contribution in [2.24, 2.45) is 11.3 Å². The van der Waals surface area contributed by atoms with E-state index in [0.717, 1.165) is 5.69 Å². The standard InChI is InChI=1S/C57H49N/c1-57-38-17-16-26-44(57)40-45(37-39-57)58(55-36-15-13-32-52(55)53-34-19-25-43-24-18-33-47(56(43)53)42-22-6-3-7-23-42)54-35-14-12-31-51(54)50-30-11-10-29-49(50)48-28-9-8-27-46(48)41-20-4-2-5-21-41/h2,4-5,8-21,24-40,42,44H,3,6-7,22-23H2,1H3. The Labute approximate surface area is 344 Å². The maximum absolute atomic E-state index is 2.55. The van der Waals surface area contributed by atoms with Crippen LogP contribution in [0.2, 0.25) is 0 Å². The number of para-hydroxylation sites is 2. The molecule has 0 radical (unpaired) electrons. The molecular weight excluding hydrogens is 699 g/mol. The van der Waals surface area contributed by atoms with E-state index in [1.54, 1.807) is 0 Å². The summed E-state index contributed by atoms with van der Waals surface area (Å²) in [7, 11) is 0. The second-order valence-corrected chi connectivity index (χ2v) is 16.5. The Bertz CT molecular complexity index is 2730. The summed E-state index contributed by atoms with van der Waals surface area (Å²) in [6.07, 6.45) is 22.9. The van der Waals surface area contributed by atoms with E-state index in [1.807, 2.05) is 0 Å². The van der Waals surface area contributed by atoms with Crippen LogP contribution in [-0.4, -0.2) is 0 Å². The number of hydrogen-bond acceptors (Lipinski definition) is 1. The van der Waals surface area contributed by atoms with Crippen LogP contribution in [0.15, 0.2) is 212 Å². The fourth-order valence-electron chi connectivity index (χ4n) is 9.91. The van der Waals surface area contributed by atoms with E-state index in [4.69, 9.17) is 0 Å². The SMILES string of the molecule is CC12C=CC=CC1C=C(N(c1ccccc1-c1ccccc1-c1ccccc1-c1ccccc1)c1ccccc1-c1cccc3cccc(C4CCCCC4)c13)C=C2. The molecule has 7 aromatic rings. The van der Waals surface area contributed by atoms with Gasteiger partial charge in [-0.15, -0.1) is 0 Å². The third-order valence-electron chi connectivity index (χ3n) is 12.9. The molecule has 0 spiro atoms. The number of benzene rings is 7. The van der Waals surface area contributed by atoms with Gasteiger partial charge in [0.15, 0.2) is 0 Å². The molecule has 7 aromatic carbocycles. The Hall–Kier alpha value is -6.44. The lowest BCUT2D eigenvalue weighted by atomic mass is 9.71. The Morgan fingerprint density at radius 2 is 1.03 bits per heavy atom. The highest BCUT2D eigenvalue weighted by Gasteiger charge is 2.33. The van der Waals surface area contributed by atoms with Crippen molar-refractivity contribution in [2.75, 3.05) is 4.90 Å². The molecule has 0 N–H and O–H groups in total. The van der Waals surface area contributed by atoms with Gasteiger partial charge < -0.3 is 4.90 Å². The molecule has 282 valence electrons. The first-order chi connectivity index (χ1) is 28.7. The van der Waals surface area contributed by atoms with Gasteiger partial charge in [0, 0.05) is 28.2 Å². The van der Waals surface area contributed by atoms with Crippen molar-refractivity contribution < 1.29 is 0 Å². The summed E-state index contributed by atoms with van der Waals surface area (Å²) in [6.45, 7) is 2.34. The van der Waals surface area contributed by atoms with Gasteiger partial charge in [0.1, 0.15) is 0 Å². The van der Waals surface area contributed by atoms with Crippen molar-refractivity contribution in [1.29, 1.82) is 0 Å². The molecule has 3 aliphatic carbocycles. The van der Waals surface area contributed by atoms with Crippen LogP contribution in [0, 0.1) is 11.3 Å². The lowest BCUT2D eigenvalue weighted by molar-refractivity contribution is 0.445. The molecular formula is C57H49N. The van der Waals surface area contributed by atoms with Gasteiger partial charge in [0.25, 0.3) is 0 Å². The van der Waals surface area contributed by atoms with Gasteiger partial charge in [0.2, 0.25) is 0 Å². The van der Waals surface area contributed by atoms with Gasteiger partial charge in [-0.05, 0) is 86.7 Å². The summed E-state index contributed by atoms with van der Waals surface area (Å²) in [4.78, 5) is 2.55. The lowest BCUT2D eigenvalue weighted by Crippen LogP contribution is -2.28. The quantitative estimate of drug-likeness (QED) is 0.150. The zero-order valence-electron chi connectivity index (χ0n) is 33.3. The van der Waals surface area contributed by atoms with Crippen molar-refractivity contribution in [3.05, 3.63) is 218 Å². The van der Waals surface area contributed by atoms with E-state index >= 15 is 0 Å². The van der Waals surface area contributed by atoms with E-state index in [1.165, 1.54) is 104 Å². The maximum atomic E-state index is 2.55. The van der Waals surface area contributed by atoms with Gasteiger partial charge in [-0.2, -0.15) is 0 Å². The summed E-state index contributed by atoms with van der Waals surface area (Å²) in [5.41, 5.74) is 14.8. The summed E-state index contributed by atoms with van der Waals surface area (Å²) < 4.78 is 0. The molecule has 0 heterocycles. The summed E-state index contributed by atoms with van der Waals surface area (Å²) in [5.74, 6) is 0.825. The Kier molecular flexibility index (Phi) is 9.59. The zero-order valence-corrected chi connectivity index (χ0v) is 33.3. The van der Waals surface area contributed by atoms with Crippen LogP contribution in [0.25, 0.3) is 55.3 Å². The van der Waals surface area contributed by atoms with E-state index < -0.39 is 0 Å². The fraction of sp³-hybridized carbons (Fsp3) is 0.158. The van der Waals surface area contributed by atoms with Crippen molar-refractivity contribution in [3.63, 3.8) is 0 Å². The molecule has 2 atom stereocenters. The van der Waals surface area contributed by atoms with Crippen LogP contribution in [0.4, 0.5) is 11.4 Å². The van der Waals surface area contributed by atoms with Crippen LogP contribution in [0.5, 0.6) is 0 Å². The number of anilines is 2. The minimum Gasteiger partial charge on any atom is -0.310 e. The smallest absolute Gasteiger partial charge is 0.0540 e. The topological polar surface area (TPSA) is 3.24 Å². The number of allylic oxidation sites excluding steroid dienone is 7. The Morgan fingerprint density at radius 1 is 0.483 bits per heavy atom. The third-order valence-corrected chi connectivity index (χ3v) is 12.9. The monoisotopic (exact) mass is 747 g/mol. The molecule has 1 fully saturated rings. The van der Waals surface area contributed by atoms with Crippen LogP contribution in [0.1, 0.15) is 50.5 Å². The lowest BCUT2D eigenvalue weighted by Gasteiger charge is -2.38. The van der Waals surface area contributed by atoms with Crippen LogP contribution in [0.3, 0.4) is 0 Å². The van der Waals surface area contributed by atoms with Crippen molar-refractivity contribution in [3.8, 4) is 44.5 Å². The van der Waals surface area contributed by atoms with Crippen LogP contribution >= 0.6 is 0 Å². The van der Waals surface area contributed by atoms with Crippen molar-refractivity contribution in [1.82, 2.24) is 0 Å². The predicted molar refractivity (Wildman–Crippen MR) is 247 cm³/mol. The normalized spacial score (nSPS) is 18.8. The molecule has 3 aliphatic rings. The van der Waals surface area contributed by atoms with Gasteiger partial charge in [-0.1, -0.05) is 214 Å². The molecule has 1 nitrogen and oxygen atoms in total. The van der Waals surface area contributed by atoms with Gasteiger partial charge >= 0.3 is 0 Å². The average Bonchev–Trinajstić information content (AvgIpc) is 3.29. The molecule has 1 saturated carbocycles. The molecule has 0 aromatic heterocycles. The zero-order chi connectivity index (χ0) is 38.9. The maximum Gasteiger partial charge on any atom is 0.0540 e. The Morgan fingerprint density at radius 3 is 1.74 bits per heavy atom. The second-order valence-electron chi connectivity index (χ2n) is 16.5. The molecule has 10 rings (SSSR count). The molecule has 1 heteroatoms. The largest absolute Gasteiger partial charge is 0.310 e. The third kappa shape index (κ3) is 6.55. The molecule has 58 heavy (non-hydrogen) atoms. The first-order valence-electron chi connectivity index (χ1n) is 21.2. The number of hydrogen-bond donors (Lipinski definition) is 0. The molecule has 2 unspecified atom stereocenters.